The lowest BCUT2D eigenvalue weighted by Gasteiger charge is -2.12. The molecule has 0 spiro atoms. The van der Waals surface area contributed by atoms with Crippen LogP contribution in [-0.4, -0.2) is 0 Å². The third kappa shape index (κ3) is 2.02. The van der Waals surface area contributed by atoms with E-state index in [-0.39, 0.29) is 0 Å². The summed E-state index contributed by atoms with van der Waals surface area (Å²) in [6, 6.07) is 0. The first-order valence-corrected chi connectivity index (χ1v) is 5.88. The Morgan fingerprint density at radius 3 is 2.33 bits per heavy atom. The van der Waals surface area contributed by atoms with E-state index in [0.717, 1.165) is 17.8 Å². The minimum Gasteiger partial charge on any atom is -0.0622 e. The summed E-state index contributed by atoms with van der Waals surface area (Å²) >= 11 is 0. The van der Waals surface area contributed by atoms with Gasteiger partial charge in [-0.15, -0.1) is 0 Å². The highest BCUT2D eigenvalue weighted by Gasteiger charge is 2.39. The molecule has 3 atom stereocenters. The van der Waals surface area contributed by atoms with Crippen molar-refractivity contribution in [3.63, 3.8) is 0 Å². The van der Waals surface area contributed by atoms with Crippen LogP contribution in [0.2, 0.25) is 0 Å². The van der Waals surface area contributed by atoms with E-state index in [1.54, 1.807) is 12.8 Å². The fraction of sp³-hybridized carbons (Fsp3) is 1.00. The lowest BCUT2D eigenvalue weighted by atomic mass is 9.93. The third-order valence-electron chi connectivity index (χ3n) is 3.94. The highest BCUT2D eigenvalue weighted by molar-refractivity contribution is 4.89. The summed E-state index contributed by atoms with van der Waals surface area (Å²) in [5.74, 6) is 3.34. The monoisotopic (exact) mass is 166 g/mol. The normalized spacial score (nSPS) is 43.2. The largest absolute Gasteiger partial charge is 0.0622 e. The highest BCUT2D eigenvalue weighted by atomic mass is 14.4. The molecule has 0 amide bonds. The van der Waals surface area contributed by atoms with E-state index in [2.05, 4.69) is 6.92 Å². The Morgan fingerprint density at radius 1 is 0.833 bits per heavy atom. The molecule has 12 heavy (non-hydrogen) atoms. The predicted molar refractivity (Wildman–Crippen MR) is 53.1 cm³/mol. The van der Waals surface area contributed by atoms with Gasteiger partial charge in [0.05, 0.1) is 0 Å². The molecule has 2 saturated carbocycles. The molecule has 2 rings (SSSR count). The molecule has 0 N–H and O–H groups in total. The molecule has 2 aliphatic rings. The Bertz CT molecular complexity index is 139. The Kier molecular flexibility index (Phi) is 2.73. The van der Waals surface area contributed by atoms with Crippen LogP contribution in [0.5, 0.6) is 0 Å². The zero-order chi connectivity index (χ0) is 8.39. The van der Waals surface area contributed by atoms with Gasteiger partial charge in [0.1, 0.15) is 0 Å². The van der Waals surface area contributed by atoms with Gasteiger partial charge in [-0.3, -0.25) is 0 Å². The number of hydrogen-bond donors (Lipinski definition) is 0. The highest BCUT2D eigenvalue weighted by Crippen LogP contribution is 2.49. The maximum atomic E-state index is 2.48. The second-order valence-corrected chi connectivity index (χ2v) is 4.98. The molecule has 0 heterocycles. The number of hydrogen-bond acceptors (Lipinski definition) is 0. The molecule has 0 aromatic rings. The first kappa shape index (κ1) is 8.59. The van der Waals surface area contributed by atoms with Gasteiger partial charge in [0.25, 0.3) is 0 Å². The molecule has 0 radical (unpaired) electrons. The molecule has 2 aliphatic carbocycles. The van der Waals surface area contributed by atoms with Crippen LogP contribution in [0.4, 0.5) is 0 Å². The molecule has 0 aromatic heterocycles. The van der Waals surface area contributed by atoms with E-state index in [9.17, 15) is 0 Å². The van der Waals surface area contributed by atoms with Crippen molar-refractivity contribution in [1.29, 1.82) is 0 Å². The summed E-state index contributed by atoms with van der Waals surface area (Å²) < 4.78 is 0. The van der Waals surface area contributed by atoms with Crippen LogP contribution < -0.4 is 0 Å². The molecule has 0 nitrogen and oxygen atoms in total. The second-order valence-electron chi connectivity index (χ2n) is 4.98. The van der Waals surface area contributed by atoms with Crippen LogP contribution in [-0.2, 0) is 0 Å². The van der Waals surface area contributed by atoms with Crippen molar-refractivity contribution in [3.8, 4) is 0 Å². The summed E-state index contributed by atoms with van der Waals surface area (Å²) in [5.41, 5.74) is 0. The van der Waals surface area contributed by atoms with Gasteiger partial charge in [-0.25, -0.2) is 0 Å². The lowest BCUT2D eigenvalue weighted by Crippen LogP contribution is -2.01. The van der Waals surface area contributed by atoms with E-state index in [1.165, 1.54) is 38.5 Å². The van der Waals surface area contributed by atoms with Crippen molar-refractivity contribution in [2.75, 3.05) is 0 Å². The van der Waals surface area contributed by atoms with Gasteiger partial charge in [0, 0.05) is 0 Å². The van der Waals surface area contributed by atoms with Crippen molar-refractivity contribution in [2.45, 2.75) is 58.3 Å². The predicted octanol–water partition coefficient (Wildman–Crippen LogP) is 4.00. The molecule has 3 unspecified atom stereocenters. The molecule has 0 aliphatic heterocycles. The van der Waals surface area contributed by atoms with Gasteiger partial charge in [0.15, 0.2) is 0 Å². The van der Waals surface area contributed by atoms with Crippen LogP contribution in [0.15, 0.2) is 0 Å². The zero-order valence-electron chi connectivity index (χ0n) is 8.39. The van der Waals surface area contributed by atoms with Crippen molar-refractivity contribution >= 4 is 0 Å². The van der Waals surface area contributed by atoms with Crippen LogP contribution in [0.1, 0.15) is 58.3 Å². The van der Waals surface area contributed by atoms with Crippen LogP contribution in [0.25, 0.3) is 0 Å². The fourth-order valence-corrected chi connectivity index (χ4v) is 2.92. The zero-order valence-corrected chi connectivity index (χ0v) is 8.39. The van der Waals surface area contributed by atoms with Crippen molar-refractivity contribution in [1.82, 2.24) is 0 Å². The topological polar surface area (TPSA) is 0 Å². The molecule has 0 bridgehead atoms. The van der Waals surface area contributed by atoms with Gasteiger partial charge in [-0.2, -0.15) is 0 Å². The van der Waals surface area contributed by atoms with Crippen LogP contribution >= 0.6 is 0 Å². The summed E-state index contributed by atoms with van der Waals surface area (Å²) in [6.45, 7) is 2.48. The van der Waals surface area contributed by atoms with Gasteiger partial charge >= 0.3 is 0 Å². The van der Waals surface area contributed by atoms with E-state index >= 15 is 0 Å². The smallest absolute Gasteiger partial charge is 0.0357 e. The maximum absolute atomic E-state index is 2.48. The number of rotatable bonds is 0. The minimum atomic E-state index is 1.05. The Hall–Kier alpha value is 0. The van der Waals surface area contributed by atoms with E-state index in [4.69, 9.17) is 0 Å². The molecule has 0 heteroatoms. The first-order valence-electron chi connectivity index (χ1n) is 5.88. The van der Waals surface area contributed by atoms with Crippen molar-refractivity contribution in [2.24, 2.45) is 17.8 Å². The Balaban J connectivity index is 1.80. The van der Waals surface area contributed by atoms with Crippen molar-refractivity contribution in [3.05, 3.63) is 0 Å². The second kappa shape index (κ2) is 3.81. The quantitative estimate of drug-likeness (QED) is 0.510. The lowest BCUT2D eigenvalue weighted by molar-refractivity contribution is 0.392. The molecule has 0 aromatic carbocycles. The molecule has 0 saturated heterocycles. The Labute approximate surface area is 76.7 Å². The maximum Gasteiger partial charge on any atom is -0.0357 e. The average Bonchev–Trinajstić information content (AvgIpc) is 2.82. The van der Waals surface area contributed by atoms with Crippen molar-refractivity contribution < 1.29 is 0 Å². The summed E-state index contributed by atoms with van der Waals surface area (Å²) in [4.78, 5) is 0. The SMILES string of the molecule is CC1CCCCCCCC2CC12. The van der Waals surface area contributed by atoms with E-state index < -0.39 is 0 Å². The van der Waals surface area contributed by atoms with E-state index in [1.807, 2.05) is 0 Å². The summed E-state index contributed by atoms with van der Waals surface area (Å²) in [7, 11) is 0. The van der Waals surface area contributed by atoms with E-state index in [0.29, 0.717) is 0 Å². The van der Waals surface area contributed by atoms with Crippen LogP contribution in [0, 0.1) is 17.8 Å². The number of fused-ring (bicyclic) bond motifs is 1. The Morgan fingerprint density at radius 2 is 1.50 bits per heavy atom. The molecule has 2 fully saturated rings. The standard InChI is InChI=1S/C12H22/c1-10-7-5-3-2-4-6-8-11-9-12(10)11/h10-12H,2-9H2,1H3. The molecular formula is C12H22. The van der Waals surface area contributed by atoms with Gasteiger partial charge in [-0.1, -0.05) is 51.9 Å². The summed E-state index contributed by atoms with van der Waals surface area (Å²) in [6.07, 6.45) is 12.2. The average molecular weight is 166 g/mol. The third-order valence-corrected chi connectivity index (χ3v) is 3.94. The van der Waals surface area contributed by atoms with Crippen LogP contribution in [0.3, 0.4) is 0 Å². The van der Waals surface area contributed by atoms with Gasteiger partial charge in [-0.05, 0) is 24.2 Å². The summed E-state index contributed by atoms with van der Waals surface area (Å²) in [5, 5.41) is 0. The van der Waals surface area contributed by atoms with Gasteiger partial charge in [0.2, 0.25) is 0 Å². The fourth-order valence-electron chi connectivity index (χ4n) is 2.92. The van der Waals surface area contributed by atoms with Gasteiger partial charge < -0.3 is 0 Å². The molecular weight excluding hydrogens is 144 g/mol. The molecule has 70 valence electrons. The minimum absolute atomic E-state index is 1.05. The first-order chi connectivity index (χ1) is 5.88.